The number of amides is 1. The summed E-state index contributed by atoms with van der Waals surface area (Å²) in [5.74, 6) is 2.10. The SMILES string of the molecule is COc1cc(CC(=O)N[C@@H](Cc2ccccc2)c2nc3ccccc3[nH]2)cc(OC)c1OC. The summed E-state index contributed by atoms with van der Waals surface area (Å²) in [6.45, 7) is 0. The third-order valence-corrected chi connectivity index (χ3v) is 5.44. The number of methoxy groups -OCH3 is 3. The monoisotopic (exact) mass is 445 g/mol. The van der Waals surface area contributed by atoms with Crippen molar-refractivity contribution in [2.45, 2.75) is 18.9 Å². The summed E-state index contributed by atoms with van der Waals surface area (Å²) in [5.41, 5.74) is 3.66. The fraction of sp³-hybridized carbons (Fsp3) is 0.231. The van der Waals surface area contributed by atoms with E-state index < -0.39 is 0 Å². The molecular weight excluding hydrogens is 418 g/mol. The summed E-state index contributed by atoms with van der Waals surface area (Å²) < 4.78 is 16.2. The maximum absolute atomic E-state index is 13.1. The Labute approximate surface area is 192 Å². The summed E-state index contributed by atoms with van der Waals surface area (Å²) in [6, 6.07) is 21.1. The van der Waals surface area contributed by atoms with Gasteiger partial charge in [0.05, 0.1) is 44.8 Å². The van der Waals surface area contributed by atoms with Crippen LogP contribution in [0.2, 0.25) is 0 Å². The van der Waals surface area contributed by atoms with Crippen molar-refractivity contribution in [3.8, 4) is 17.2 Å². The zero-order chi connectivity index (χ0) is 23.2. The van der Waals surface area contributed by atoms with Crippen LogP contribution in [0.4, 0.5) is 0 Å². The number of ether oxygens (including phenoxy) is 3. The first-order valence-corrected chi connectivity index (χ1v) is 10.7. The van der Waals surface area contributed by atoms with Gasteiger partial charge in [-0.1, -0.05) is 42.5 Å². The van der Waals surface area contributed by atoms with Gasteiger partial charge in [0, 0.05) is 0 Å². The molecular formula is C26H27N3O4. The lowest BCUT2D eigenvalue weighted by Gasteiger charge is -2.18. The van der Waals surface area contributed by atoms with Crippen LogP contribution in [0.1, 0.15) is 23.0 Å². The molecule has 1 amide bonds. The molecule has 170 valence electrons. The Kier molecular flexibility index (Phi) is 6.78. The van der Waals surface area contributed by atoms with E-state index in [0.717, 1.165) is 28.0 Å². The van der Waals surface area contributed by atoms with Gasteiger partial charge in [-0.3, -0.25) is 4.79 Å². The first-order valence-electron chi connectivity index (χ1n) is 10.7. The quantitative estimate of drug-likeness (QED) is 0.403. The van der Waals surface area contributed by atoms with Crippen LogP contribution >= 0.6 is 0 Å². The van der Waals surface area contributed by atoms with Crippen LogP contribution in [0.25, 0.3) is 11.0 Å². The van der Waals surface area contributed by atoms with Crippen molar-refractivity contribution in [3.63, 3.8) is 0 Å². The van der Waals surface area contributed by atoms with Gasteiger partial charge in [-0.15, -0.1) is 0 Å². The molecule has 0 aliphatic heterocycles. The Bertz CT molecular complexity index is 1180. The van der Waals surface area contributed by atoms with Crippen LogP contribution in [0.15, 0.2) is 66.7 Å². The molecule has 7 heteroatoms. The number of para-hydroxylation sites is 2. The number of imidazole rings is 1. The molecule has 2 N–H and O–H groups in total. The van der Waals surface area contributed by atoms with E-state index in [1.165, 1.54) is 0 Å². The largest absolute Gasteiger partial charge is 0.493 e. The molecule has 1 atom stereocenters. The molecule has 0 aliphatic carbocycles. The molecule has 0 fully saturated rings. The van der Waals surface area contributed by atoms with Crippen molar-refractivity contribution in [3.05, 3.63) is 83.7 Å². The zero-order valence-corrected chi connectivity index (χ0v) is 18.9. The number of fused-ring (bicyclic) bond motifs is 1. The van der Waals surface area contributed by atoms with Crippen molar-refractivity contribution in [2.24, 2.45) is 0 Å². The van der Waals surface area contributed by atoms with E-state index in [1.807, 2.05) is 54.6 Å². The van der Waals surface area contributed by atoms with Crippen LogP contribution < -0.4 is 19.5 Å². The van der Waals surface area contributed by atoms with E-state index >= 15 is 0 Å². The standard InChI is InChI=1S/C26H27N3O4/c1-31-22-14-18(15-23(32-2)25(22)33-3)16-24(30)27-21(13-17-9-5-4-6-10-17)26-28-19-11-7-8-12-20(19)29-26/h4-12,14-15,21H,13,16H2,1-3H3,(H,27,30)(H,28,29)/t21-/m0/s1. The molecule has 0 spiro atoms. The molecule has 0 aliphatic rings. The third kappa shape index (κ3) is 5.09. The fourth-order valence-corrected chi connectivity index (χ4v) is 3.87. The number of benzene rings is 3. The van der Waals surface area contributed by atoms with Gasteiger partial charge < -0.3 is 24.5 Å². The molecule has 33 heavy (non-hydrogen) atoms. The second kappa shape index (κ2) is 10.1. The highest BCUT2D eigenvalue weighted by Crippen LogP contribution is 2.38. The van der Waals surface area contributed by atoms with Crippen LogP contribution in [0.5, 0.6) is 17.2 Å². The molecule has 4 rings (SSSR count). The number of carbonyl (C=O) groups excluding carboxylic acids is 1. The van der Waals surface area contributed by atoms with Gasteiger partial charge in [-0.2, -0.15) is 0 Å². The number of aromatic nitrogens is 2. The summed E-state index contributed by atoms with van der Waals surface area (Å²) in [5, 5.41) is 3.15. The number of nitrogens with one attached hydrogen (secondary N) is 2. The Balaban J connectivity index is 1.59. The van der Waals surface area contributed by atoms with Gasteiger partial charge in [-0.05, 0) is 41.8 Å². The minimum atomic E-state index is -0.311. The Morgan fingerprint density at radius 3 is 2.21 bits per heavy atom. The summed E-state index contributed by atoms with van der Waals surface area (Å²) >= 11 is 0. The third-order valence-electron chi connectivity index (χ3n) is 5.44. The van der Waals surface area contributed by atoms with Gasteiger partial charge in [0.2, 0.25) is 11.7 Å². The predicted octanol–water partition coefficient (Wildman–Crippen LogP) is 4.23. The van der Waals surface area contributed by atoms with Gasteiger partial charge in [-0.25, -0.2) is 4.98 Å². The first-order chi connectivity index (χ1) is 16.1. The van der Waals surface area contributed by atoms with Crippen molar-refractivity contribution in [1.29, 1.82) is 0 Å². The lowest BCUT2D eigenvalue weighted by atomic mass is 10.0. The van der Waals surface area contributed by atoms with Crippen molar-refractivity contribution < 1.29 is 19.0 Å². The van der Waals surface area contributed by atoms with E-state index in [-0.39, 0.29) is 18.4 Å². The predicted molar refractivity (Wildman–Crippen MR) is 127 cm³/mol. The molecule has 3 aromatic carbocycles. The van der Waals surface area contributed by atoms with Crippen LogP contribution in [0.3, 0.4) is 0 Å². The number of hydrogen-bond donors (Lipinski definition) is 2. The second-order valence-electron chi connectivity index (χ2n) is 7.66. The number of hydrogen-bond acceptors (Lipinski definition) is 5. The molecule has 1 aromatic heterocycles. The van der Waals surface area contributed by atoms with E-state index in [4.69, 9.17) is 19.2 Å². The number of H-pyrrole nitrogens is 1. The lowest BCUT2D eigenvalue weighted by molar-refractivity contribution is -0.121. The summed E-state index contributed by atoms with van der Waals surface area (Å²) in [7, 11) is 4.66. The normalized spacial score (nSPS) is 11.7. The number of nitrogens with zero attached hydrogens (tertiary/aromatic N) is 1. The van der Waals surface area contributed by atoms with E-state index in [9.17, 15) is 4.79 Å². The molecule has 0 saturated carbocycles. The summed E-state index contributed by atoms with van der Waals surface area (Å²) in [6.07, 6.45) is 0.768. The van der Waals surface area contributed by atoms with Crippen molar-refractivity contribution in [2.75, 3.05) is 21.3 Å². The Morgan fingerprint density at radius 1 is 0.909 bits per heavy atom. The highest BCUT2D eigenvalue weighted by Gasteiger charge is 2.21. The highest BCUT2D eigenvalue weighted by atomic mass is 16.5. The van der Waals surface area contributed by atoms with Crippen LogP contribution in [0, 0.1) is 0 Å². The maximum Gasteiger partial charge on any atom is 0.225 e. The lowest BCUT2D eigenvalue weighted by Crippen LogP contribution is -2.32. The second-order valence-corrected chi connectivity index (χ2v) is 7.66. The minimum absolute atomic E-state index is 0.134. The average molecular weight is 446 g/mol. The van der Waals surface area contributed by atoms with Crippen LogP contribution in [-0.2, 0) is 17.6 Å². The number of carbonyl (C=O) groups is 1. The smallest absolute Gasteiger partial charge is 0.225 e. The van der Waals surface area contributed by atoms with Gasteiger partial charge in [0.15, 0.2) is 11.5 Å². The van der Waals surface area contributed by atoms with Crippen molar-refractivity contribution >= 4 is 16.9 Å². The van der Waals surface area contributed by atoms with Crippen LogP contribution in [-0.4, -0.2) is 37.2 Å². The summed E-state index contributed by atoms with van der Waals surface area (Å²) in [4.78, 5) is 21.2. The van der Waals surface area contributed by atoms with E-state index in [1.54, 1.807) is 33.5 Å². The van der Waals surface area contributed by atoms with Gasteiger partial charge >= 0.3 is 0 Å². The molecule has 4 aromatic rings. The molecule has 1 heterocycles. The molecule has 0 saturated heterocycles. The fourth-order valence-electron chi connectivity index (χ4n) is 3.87. The molecule has 0 bridgehead atoms. The molecule has 0 radical (unpaired) electrons. The average Bonchev–Trinajstić information content (AvgIpc) is 3.28. The van der Waals surface area contributed by atoms with Crippen molar-refractivity contribution in [1.82, 2.24) is 15.3 Å². The zero-order valence-electron chi connectivity index (χ0n) is 18.9. The van der Waals surface area contributed by atoms with E-state index in [2.05, 4.69) is 10.3 Å². The molecule has 0 unspecified atom stereocenters. The number of rotatable bonds is 9. The minimum Gasteiger partial charge on any atom is -0.493 e. The Hall–Kier alpha value is -4.00. The Morgan fingerprint density at radius 2 is 1.58 bits per heavy atom. The topological polar surface area (TPSA) is 85.5 Å². The first kappa shape index (κ1) is 22.2. The highest BCUT2D eigenvalue weighted by molar-refractivity contribution is 5.80. The van der Waals surface area contributed by atoms with Gasteiger partial charge in [0.1, 0.15) is 5.82 Å². The van der Waals surface area contributed by atoms with Gasteiger partial charge in [0.25, 0.3) is 0 Å². The molecule has 7 nitrogen and oxygen atoms in total. The van der Waals surface area contributed by atoms with E-state index in [0.29, 0.717) is 23.7 Å². The number of aromatic amines is 1. The maximum atomic E-state index is 13.1.